The van der Waals surface area contributed by atoms with Crippen molar-refractivity contribution in [2.75, 3.05) is 13.1 Å². The first kappa shape index (κ1) is 16.9. The van der Waals surface area contributed by atoms with E-state index in [1.165, 1.54) is 37.3 Å². The molecule has 1 aromatic carbocycles. The van der Waals surface area contributed by atoms with Gasteiger partial charge in [0.1, 0.15) is 5.75 Å². The fourth-order valence-corrected chi connectivity index (χ4v) is 5.71. The van der Waals surface area contributed by atoms with Crippen LogP contribution in [0.2, 0.25) is 0 Å². The summed E-state index contributed by atoms with van der Waals surface area (Å²) < 4.78 is 0. The van der Waals surface area contributed by atoms with E-state index < -0.39 is 0 Å². The maximum absolute atomic E-state index is 12.7. The van der Waals surface area contributed by atoms with Gasteiger partial charge in [-0.05, 0) is 69.1 Å². The van der Waals surface area contributed by atoms with Crippen LogP contribution in [-0.2, 0) is 0 Å². The molecule has 4 nitrogen and oxygen atoms in total. The summed E-state index contributed by atoms with van der Waals surface area (Å²) in [6.45, 7) is 4.58. The fraction of sp³-hybridized carbons (Fsp3) is 0.421. The average Bonchev–Trinajstić information content (AvgIpc) is 3.09. The number of nitrogens with zero attached hydrogens (tertiary/aromatic N) is 1. The van der Waals surface area contributed by atoms with Crippen molar-refractivity contribution in [2.24, 2.45) is 5.92 Å². The number of fused-ring (bicyclic) bond motifs is 3. The monoisotopic (exact) mass is 374 g/mol. The van der Waals surface area contributed by atoms with E-state index in [9.17, 15) is 9.90 Å². The molecule has 2 bridgehead atoms. The molecule has 3 fully saturated rings. The second kappa shape index (κ2) is 7.02. The Morgan fingerprint density at radius 2 is 1.96 bits per heavy atom. The predicted molar refractivity (Wildman–Crippen MR) is 102 cm³/mol. The SMILES string of the molecule is CC1C(NC(=O)c2cc(Sc3ccc(O)cc3)cs2)C2CCN1CC2. The predicted octanol–water partition coefficient (Wildman–Crippen LogP) is 3.82. The molecule has 1 amide bonds. The van der Waals surface area contributed by atoms with Gasteiger partial charge in [-0.1, -0.05) is 11.8 Å². The average molecular weight is 375 g/mol. The van der Waals surface area contributed by atoms with E-state index in [4.69, 9.17) is 0 Å². The Kier molecular flexibility index (Phi) is 4.75. The summed E-state index contributed by atoms with van der Waals surface area (Å²) in [5.74, 6) is 0.935. The number of carbonyl (C=O) groups excluding carboxylic acids is 1. The number of carbonyl (C=O) groups is 1. The van der Waals surface area contributed by atoms with Gasteiger partial charge in [-0.2, -0.15) is 0 Å². The molecule has 5 rings (SSSR count). The highest BCUT2D eigenvalue weighted by molar-refractivity contribution is 7.99. The molecule has 0 spiro atoms. The van der Waals surface area contributed by atoms with E-state index in [1.54, 1.807) is 23.9 Å². The van der Waals surface area contributed by atoms with Gasteiger partial charge in [-0.15, -0.1) is 11.3 Å². The van der Waals surface area contributed by atoms with Crippen molar-refractivity contribution in [3.63, 3.8) is 0 Å². The van der Waals surface area contributed by atoms with Crippen LogP contribution in [0.5, 0.6) is 5.75 Å². The van der Waals surface area contributed by atoms with Gasteiger partial charge in [-0.25, -0.2) is 0 Å². The Balaban J connectivity index is 1.41. The molecular weight excluding hydrogens is 352 g/mol. The highest BCUT2D eigenvalue weighted by Crippen LogP contribution is 2.34. The molecule has 6 heteroatoms. The van der Waals surface area contributed by atoms with Crippen molar-refractivity contribution < 1.29 is 9.90 Å². The van der Waals surface area contributed by atoms with Crippen LogP contribution in [0.25, 0.3) is 0 Å². The van der Waals surface area contributed by atoms with Gasteiger partial charge in [0.2, 0.25) is 0 Å². The van der Waals surface area contributed by atoms with Gasteiger partial charge in [0.05, 0.1) is 4.88 Å². The van der Waals surface area contributed by atoms with Crippen molar-refractivity contribution in [1.82, 2.24) is 10.2 Å². The van der Waals surface area contributed by atoms with E-state index in [2.05, 4.69) is 17.1 Å². The van der Waals surface area contributed by atoms with Gasteiger partial charge in [0, 0.05) is 27.3 Å². The number of hydrogen-bond donors (Lipinski definition) is 2. The van der Waals surface area contributed by atoms with Crippen molar-refractivity contribution in [1.29, 1.82) is 0 Å². The number of aromatic hydroxyl groups is 1. The minimum atomic E-state index is 0.0492. The van der Waals surface area contributed by atoms with Crippen LogP contribution < -0.4 is 5.32 Å². The molecule has 25 heavy (non-hydrogen) atoms. The molecule has 2 unspecified atom stereocenters. The molecule has 2 atom stereocenters. The third-order valence-electron chi connectivity index (χ3n) is 5.35. The van der Waals surface area contributed by atoms with Crippen molar-refractivity contribution in [3.8, 4) is 5.75 Å². The number of nitrogens with one attached hydrogen (secondary N) is 1. The minimum Gasteiger partial charge on any atom is -0.508 e. The Morgan fingerprint density at radius 1 is 1.24 bits per heavy atom. The lowest BCUT2D eigenvalue weighted by molar-refractivity contribution is 0.0218. The van der Waals surface area contributed by atoms with Crippen LogP contribution in [0.4, 0.5) is 0 Å². The van der Waals surface area contributed by atoms with Gasteiger partial charge in [-0.3, -0.25) is 9.69 Å². The van der Waals surface area contributed by atoms with E-state index in [0.29, 0.717) is 12.0 Å². The third-order valence-corrected chi connectivity index (χ3v) is 7.40. The second-order valence-electron chi connectivity index (χ2n) is 6.86. The van der Waals surface area contributed by atoms with Crippen LogP contribution in [-0.4, -0.2) is 41.1 Å². The number of phenolic OH excluding ortho intramolecular Hbond substituents is 1. The first-order chi connectivity index (χ1) is 12.1. The lowest BCUT2D eigenvalue weighted by Gasteiger charge is -2.49. The van der Waals surface area contributed by atoms with E-state index in [1.807, 2.05) is 23.6 Å². The van der Waals surface area contributed by atoms with Gasteiger partial charge < -0.3 is 10.4 Å². The zero-order valence-electron chi connectivity index (χ0n) is 14.1. The zero-order chi connectivity index (χ0) is 17.4. The summed E-state index contributed by atoms with van der Waals surface area (Å²) in [7, 11) is 0. The first-order valence-electron chi connectivity index (χ1n) is 8.70. The topological polar surface area (TPSA) is 52.6 Å². The summed E-state index contributed by atoms with van der Waals surface area (Å²) >= 11 is 3.10. The lowest BCUT2D eigenvalue weighted by atomic mass is 9.79. The zero-order valence-corrected chi connectivity index (χ0v) is 15.8. The van der Waals surface area contributed by atoms with Crippen LogP contribution in [0.15, 0.2) is 45.5 Å². The van der Waals surface area contributed by atoms with Gasteiger partial charge >= 0.3 is 0 Å². The molecule has 132 valence electrons. The molecule has 3 saturated heterocycles. The minimum absolute atomic E-state index is 0.0492. The second-order valence-corrected chi connectivity index (χ2v) is 8.91. The number of phenols is 1. The summed E-state index contributed by atoms with van der Waals surface area (Å²) in [6, 6.07) is 9.78. The highest BCUT2D eigenvalue weighted by Gasteiger charge is 2.40. The number of hydrogen-bond acceptors (Lipinski definition) is 5. The maximum Gasteiger partial charge on any atom is 0.261 e. The smallest absolute Gasteiger partial charge is 0.261 e. The number of thiophene rings is 1. The molecule has 3 aliphatic rings. The first-order valence-corrected chi connectivity index (χ1v) is 10.4. The molecule has 2 N–H and O–H groups in total. The van der Waals surface area contributed by atoms with E-state index in [0.717, 1.165) is 14.7 Å². The van der Waals surface area contributed by atoms with E-state index >= 15 is 0 Å². The fourth-order valence-electron chi connectivity index (χ4n) is 3.91. The Labute approximate surface area is 156 Å². The highest BCUT2D eigenvalue weighted by atomic mass is 32.2. The van der Waals surface area contributed by atoms with Crippen LogP contribution >= 0.6 is 23.1 Å². The Hall–Kier alpha value is -1.50. The van der Waals surface area contributed by atoms with Crippen molar-refractivity contribution in [3.05, 3.63) is 40.6 Å². The molecule has 3 aliphatic heterocycles. The summed E-state index contributed by atoms with van der Waals surface area (Å²) in [4.78, 5) is 18.1. The van der Waals surface area contributed by atoms with Gasteiger partial charge in [0.25, 0.3) is 5.91 Å². The summed E-state index contributed by atoms with van der Waals surface area (Å²) in [5.41, 5.74) is 0. The van der Waals surface area contributed by atoms with Crippen LogP contribution in [0.3, 0.4) is 0 Å². The number of piperidine rings is 3. The van der Waals surface area contributed by atoms with Crippen molar-refractivity contribution >= 4 is 29.0 Å². The molecule has 2 aromatic rings. The van der Waals surface area contributed by atoms with Crippen LogP contribution in [0, 0.1) is 5.92 Å². The van der Waals surface area contributed by atoms with E-state index in [-0.39, 0.29) is 17.7 Å². The van der Waals surface area contributed by atoms with Crippen molar-refractivity contribution in [2.45, 2.75) is 41.6 Å². The number of benzene rings is 1. The number of amides is 1. The molecular formula is C19H22N2O2S2. The van der Waals surface area contributed by atoms with Gasteiger partial charge in [0.15, 0.2) is 0 Å². The summed E-state index contributed by atoms with van der Waals surface area (Å²) in [5, 5.41) is 14.7. The normalized spacial score (nSPS) is 28.0. The summed E-state index contributed by atoms with van der Waals surface area (Å²) in [6.07, 6.45) is 2.39. The molecule has 4 heterocycles. The standard InChI is InChI=1S/C19H22N2O2S2/c1-12-18(13-6-8-21(12)9-7-13)20-19(23)17-10-16(11-24-17)25-15-4-2-14(22)3-5-15/h2-5,10-13,18,22H,6-9H2,1H3,(H,20,23). The maximum atomic E-state index is 12.7. The molecule has 0 aliphatic carbocycles. The Morgan fingerprint density at radius 3 is 2.64 bits per heavy atom. The number of rotatable bonds is 4. The largest absolute Gasteiger partial charge is 0.508 e. The molecule has 0 radical (unpaired) electrons. The van der Waals surface area contributed by atoms with Crippen LogP contribution in [0.1, 0.15) is 29.4 Å². The quantitative estimate of drug-likeness (QED) is 0.854. The third kappa shape index (κ3) is 3.57. The molecule has 1 aromatic heterocycles. The Bertz CT molecular complexity index is 749. The lowest BCUT2D eigenvalue weighted by Crippen LogP contribution is -2.62. The molecule has 0 saturated carbocycles.